The molecule has 0 unspecified atom stereocenters. The lowest BCUT2D eigenvalue weighted by molar-refractivity contribution is 0.103. The third-order valence-corrected chi connectivity index (χ3v) is 5.41. The fraction of sp³-hybridized carbons (Fsp3) is 0.0526. The Labute approximate surface area is 171 Å². The SMILES string of the molecule is O=C(Nc1n[nH]c2ccc(OCc3cc(F)c(F)cc3F)cc12)c1sccc1Cl. The lowest BCUT2D eigenvalue weighted by Crippen LogP contribution is -2.11. The number of carbonyl (C=O) groups is 1. The third kappa shape index (κ3) is 3.92. The number of H-pyrrole nitrogens is 1. The summed E-state index contributed by atoms with van der Waals surface area (Å²) in [5, 5.41) is 12.1. The number of ether oxygens (including phenoxy) is 1. The van der Waals surface area contributed by atoms with Crippen molar-refractivity contribution in [2.45, 2.75) is 6.61 Å². The highest BCUT2D eigenvalue weighted by molar-refractivity contribution is 7.12. The largest absolute Gasteiger partial charge is 0.489 e. The Bertz CT molecular complexity index is 1220. The Kier molecular flexibility index (Phi) is 5.16. The molecule has 1 amide bonds. The van der Waals surface area contributed by atoms with Crippen LogP contribution in [0.1, 0.15) is 15.2 Å². The summed E-state index contributed by atoms with van der Waals surface area (Å²) >= 11 is 7.17. The second kappa shape index (κ2) is 7.76. The molecule has 0 aliphatic rings. The van der Waals surface area contributed by atoms with Crippen LogP contribution in [0.3, 0.4) is 0 Å². The molecule has 2 heterocycles. The minimum atomic E-state index is -1.27. The number of benzene rings is 2. The molecular formula is C19H11ClF3N3O2S. The second-order valence-corrected chi connectivity index (χ2v) is 7.30. The fourth-order valence-electron chi connectivity index (χ4n) is 2.63. The van der Waals surface area contributed by atoms with E-state index in [-0.39, 0.29) is 18.0 Å². The van der Waals surface area contributed by atoms with Gasteiger partial charge in [-0.2, -0.15) is 5.10 Å². The summed E-state index contributed by atoms with van der Waals surface area (Å²) in [6.45, 7) is -0.307. The molecule has 0 saturated heterocycles. The molecule has 148 valence electrons. The van der Waals surface area contributed by atoms with Crippen molar-refractivity contribution in [2.75, 3.05) is 5.32 Å². The Morgan fingerprint density at radius 2 is 1.93 bits per heavy atom. The minimum Gasteiger partial charge on any atom is -0.489 e. The van der Waals surface area contributed by atoms with Crippen molar-refractivity contribution in [1.82, 2.24) is 10.2 Å². The van der Waals surface area contributed by atoms with E-state index in [1.807, 2.05) is 0 Å². The van der Waals surface area contributed by atoms with Gasteiger partial charge in [0.25, 0.3) is 5.91 Å². The maximum absolute atomic E-state index is 13.8. The molecule has 4 rings (SSSR count). The Morgan fingerprint density at radius 1 is 1.14 bits per heavy atom. The number of hydrogen-bond donors (Lipinski definition) is 2. The Morgan fingerprint density at radius 3 is 2.69 bits per heavy atom. The Hall–Kier alpha value is -3.04. The van der Waals surface area contributed by atoms with Gasteiger partial charge >= 0.3 is 0 Å². The predicted molar refractivity (Wildman–Crippen MR) is 104 cm³/mol. The Balaban J connectivity index is 1.55. The summed E-state index contributed by atoms with van der Waals surface area (Å²) in [5.41, 5.74) is 0.501. The van der Waals surface area contributed by atoms with Gasteiger partial charge in [-0.15, -0.1) is 11.3 Å². The summed E-state index contributed by atoms with van der Waals surface area (Å²) in [6, 6.07) is 7.68. The van der Waals surface area contributed by atoms with E-state index >= 15 is 0 Å². The van der Waals surface area contributed by atoms with E-state index in [0.717, 1.165) is 6.07 Å². The number of hydrogen-bond acceptors (Lipinski definition) is 4. The maximum Gasteiger partial charge on any atom is 0.268 e. The maximum atomic E-state index is 13.8. The summed E-state index contributed by atoms with van der Waals surface area (Å²) in [6.07, 6.45) is 0. The van der Waals surface area contributed by atoms with Crippen molar-refractivity contribution in [3.63, 3.8) is 0 Å². The number of aromatic nitrogens is 2. The number of anilines is 1. The molecule has 0 atom stereocenters. The van der Waals surface area contributed by atoms with Crippen LogP contribution in [-0.4, -0.2) is 16.1 Å². The molecule has 0 spiro atoms. The third-order valence-electron chi connectivity index (χ3n) is 4.07. The molecule has 0 bridgehead atoms. The number of nitrogens with zero attached hydrogens (tertiary/aromatic N) is 1. The molecule has 4 aromatic rings. The molecule has 0 aliphatic carbocycles. The van der Waals surface area contributed by atoms with E-state index in [0.29, 0.717) is 32.6 Å². The van der Waals surface area contributed by atoms with Crippen LogP contribution < -0.4 is 10.1 Å². The van der Waals surface area contributed by atoms with E-state index in [4.69, 9.17) is 16.3 Å². The van der Waals surface area contributed by atoms with Crippen LogP contribution in [0, 0.1) is 17.5 Å². The molecule has 10 heteroatoms. The van der Waals surface area contributed by atoms with E-state index in [9.17, 15) is 18.0 Å². The molecule has 29 heavy (non-hydrogen) atoms. The predicted octanol–water partition coefficient (Wildman–Crippen LogP) is 5.53. The first-order valence-corrected chi connectivity index (χ1v) is 9.47. The molecule has 5 nitrogen and oxygen atoms in total. The lowest BCUT2D eigenvalue weighted by Gasteiger charge is -2.08. The van der Waals surface area contributed by atoms with Gasteiger partial charge < -0.3 is 10.1 Å². The normalized spacial score (nSPS) is 11.0. The van der Waals surface area contributed by atoms with Gasteiger partial charge in [-0.05, 0) is 35.7 Å². The number of carbonyl (C=O) groups excluding carboxylic acids is 1. The number of fused-ring (bicyclic) bond motifs is 1. The quantitative estimate of drug-likeness (QED) is 0.404. The highest BCUT2D eigenvalue weighted by Gasteiger charge is 2.16. The smallest absolute Gasteiger partial charge is 0.268 e. The zero-order valence-electron chi connectivity index (χ0n) is 14.4. The number of rotatable bonds is 5. The topological polar surface area (TPSA) is 67.0 Å². The number of nitrogens with one attached hydrogen (secondary N) is 2. The highest BCUT2D eigenvalue weighted by atomic mass is 35.5. The second-order valence-electron chi connectivity index (χ2n) is 5.98. The van der Waals surface area contributed by atoms with Gasteiger partial charge in [0, 0.05) is 17.0 Å². The van der Waals surface area contributed by atoms with Gasteiger partial charge in [0.15, 0.2) is 17.5 Å². The average Bonchev–Trinajstić information content (AvgIpc) is 3.29. The van der Waals surface area contributed by atoms with Crippen molar-refractivity contribution < 1.29 is 22.7 Å². The standard InChI is InChI=1S/C19H11ClF3N3O2S/c20-12-3-4-29-17(12)19(27)24-18-11-6-10(1-2-16(11)25-26-18)28-8-9-5-14(22)15(23)7-13(9)21/h1-7H,8H2,(H2,24,25,26,27). The van der Waals surface area contributed by atoms with E-state index in [1.165, 1.54) is 11.3 Å². The van der Waals surface area contributed by atoms with Crippen LogP contribution in [0.25, 0.3) is 10.9 Å². The first kappa shape index (κ1) is 19.3. The molecule has 0 saturated carbocycles. The summed E-state index contributed by atoms with van der Waals surface area (Å²) < 4.78 is 45.6. The van der Waals surface area contributed by atoms with E-state index < -0.39 is 23.4 Å². The minimum absolute atomic E-state index is 0.128. The molecule has 2 aromatic carbocycles. The van der Waals surface area contributed by atoms with Crippen LogP contribution in [-0.2, 0) is 6.61 Å². The molecule has 2 N–H and O–H groups in total. The highest BCUT2D eigenvalue weighted by Crippen LogP contribution is 2.28. The van der Waals surface area contributed by atoms with Crippen molar-refractivity contribution in [1.29, 1.82) is 0 Å². The van der Waals surface area contributed by atoms with Gasteiger partial charge in [-0.1, -0.05) is 11.6 Å². The van der Waals surface area contributed by atoms with Crippen LogP contribution in [0.4, 0.5) is 19.0 Å². The van der Waals surface area contributed by atoms with Crippen LogP contribution in [0.15, 0.2) is 41.8 Å². The first-order valence-electron chi connectivity index (χ1n) is 8.21. The average molecular weight is 438 g/mol. The van der Waals surface area contributed by atoms with Crippen LogP contribution in [0.5, 0.6) is 5.75 Å². The lowest BCUT2D eigenvalue weighted by atomic mass is 10.2. The summed E-state index contributed by atoms with van der Waals surface area (Å²) in [5.74, 6) is -3.15. The van der Waals surface area contributed by atoms with Crippen LogP contribution >= 0.6 is 22.9 Å². The van der Waals surface area contributed by atoms with Crippen molar-refractivity contribution in [3.05, 3.63) is 74.7 Å². The van der Waals surface area contributed by atoms with Gasteiger partial charge in [-0.25, -0.2) is 13.2 Å². The summed E-state index contributed by atoms with van der Waals surface area (Å²) in [7, 11) is 0. The molecule has 0 aliphatic heterocycles. The van der Waals surface area contributed by atoms with Crippen LogP contribution in [0.2, 0.25) is 5.02 Å². The van der Waals surface area contributed by atoms with Crippen molar-refractivity contribution in [2.24, 2.45) is 0 Å². The molecule has 0 radical (unpaired) electrons. The summed E-state index contributed by atoms with van der Waals surface area (Å²) in [4.78, 5) is 12.7. The molecular weight excluding hydrogens is 427 g/mol. The van der Waals surface area contributed by atoms with Crippen molar-refractivity contribution in [3.8, 4) is 5.75 Å². The van der Waals surface area contributed by atoms with E-state index in [1.54, 1.807) is 29.6 Å². The van der Waals surface area contributed by atoms with Gasteiger partial charge in [0.05, 0.1) is 10.5 Å². The number of thiophene rings is 1. The monoisotopic (exact) mass is 437 g/mol. The van der Waals surface area contributed by atoms with Gasteiger partial charge in [0.1, 0.15) is 23.1 Å². The fourth-order valence-corrected chi connectivity index (χ4v) is 3.67. The molecule has 2 aromatic heterocycles. The first-order chi connectivity index (χ1) is 13.9. The zero-order chi connectivity index (χ0) is 20.5. The number of aromatic amines is 1. The number of amides is 1. The zero-order valence-corrected chi connectivity index (χ0v) is 16.0. The van der Waals surface area contributed by atoms with Gasteiger partial charge in [0.2, 0.25) is 0 Å². The van der Waals surface area contributed by atoms with Crippen molar-refractivity contribution >= 4 is 45.6 Å². The van der Waals surface area contributed by atoms with E-state index in [2.05, 4.69) is 15.5 Å². The van der Waals surface area contributed by atoms with Gasteiger partial charge in [-0.3, -0.25) is 9.89 Å². The number of halogens is 4. The molecule has 0 fully saturated rings.